The van der Waals surface area contributed by atoms with Crippen molar-refractivity contribution in [1.82, 2.24) is 5.32 Å². The number of likely N-dealkylation sites (N-methyl/N-ethyl adjacent to an activating group) is 1. The van der Waals surface area contributed by atoms with Crippen LogP contribution in [-0.2, 0) is 6.42 Å². The number of nitrogens with one attached hydrogen (secondary N) is 1. The largest absolute Gasteiger partial charge is 0.489 e. The van der Waals surface area contributed by atoms with E-state index < -0.39 is 0 Å². The zero-order valence-electron chi connectivity index (χ0n) is 11.5. The van der Waals surface area contributed by atoms with E-state index in [9.17, 15) is 0 Å². The molecule has 0 spiro atoms. The number of hydrogen-bond acceptors (Lipinski definition) is 2. The van der Waals surface area contributed by atoms with Gasteiger partial charge in [-0.3, -0.25) is 0 Å². The predicted molar refractivity (Wildman–Crippen MR) is 73.6 cm³/mol. The summed E-state index contributed by atoms with van der Waals surface area (Å²) in [6.45, 7) is 10.6. The Balaban J connectivity index is 2.64. The number of rotatable bonds is 7. The Morgan fingerprint density at radius 1 is 1.24 bits per heavy atom. The van der Waals surface area contributed by atoms with Gasteiger partial charge in [0.05, 0.1) is 0 Å². The van der Waals surface area contributed by atoms with Crippen LogP contribution >= 0.6 is 0 Å². The third kappa shape index (κ3) is 4.78. The fraction of sp³-hybridized carbons (Fsp3) is 0.600. The summed E-state index contributed by atoms with van der Waals surface area (Å²) in [7, 11) is 0. The van der Waals surface area contributed by atoms with E-state index in [1.807, 2.05) is 6.07 Å². The summed E-state index contributed by atoms with van der Waals surface area (Å²) >= 11 is 0. The Morgan fingerprint density at radius 3 is 2.59 bits per heavy atom. The van der Waals surface area contributed by atoms with Crippen LogP contribution in [0.3, 0.4) is 0 Å². The molecular weight excluding hydrogens is 210 g/mol. The molecule has 1 unspecified atom stereocenters. The Labute approximate surface area is 105 Å². The molecule has 1 aromatic carbocycles. The van der Waals surface area contributed by atoms with Crippen LogP contribution in [0.15, 0.2) is 24.3 Å². The van der Waals surface area contributed by atoms with Gasteiger partial charge in [0, 0.05) is 6.54 Å². The van der Waals surface area contributed by atoms with Crippen molar-refractivity contribution in [2.24, 2.45) is 5.92 Å². The lowest BCUT2D eigenvalue weighted by atomic mass is 10.1. The van der Waals surface area contributed by atoms with Crippen molar-refractivity contribution in [3.05, 3.63) is 29.8 Å². The van der Waals surface area contributed by atoms with Gasteiger partial charge in [0.15, 0.2) is 0 Å². The Bertz CT molecular complexity index is 322. The van der Waals surface area contributed by atoms with Crippen molar-refractivity contribution in [2.75, 3.05) is 13.1 Å². The zero-order chi connectivity index (χ0) is 12.7. The van der Waals surface area contributed by atoms with Gasteiger partial charge in [0.2, 0.25) is 0 Å². The van der Waals surface area contributed by atoms with Crippen molar-refractivity contribution in [2.45, 2.75) is 40.2 Å². The topological polar surface area (TPSA) is 21.3 Å². The molecular formula is C15H25NO. The molecule has 0 saturated carbocycles. The zero-order valence-corrected chi connectivity index (χ0v) is 11.5. The molecule has 96 valence electrons. The van der Waals surface area contributed by atoms with Gasteiger partial charge in [-0.25, -0.2) is 0 Å². The summed E-state index contributed by atoms with van der Waals surface area (Å²) in [5, 5.41) is 3.35. The van der Waals surface area contributed by atoms with E-state index in [0.717, 1.165) is 25.3 Å². The van der Waals surface area contributed by atoms with Gasteiger partial charge in [-0.1, -0.05) is 39.8 Å². The molecule has 0 radical (unpaired) electrons. The minimum atomic E-state index is 0.238. The third-order valence-corrected chi connectivity index (χ3v) is 2.93. The maximum Gasteiger partial charge on any atom is 0.120 e. The summed E-state index contributed by atoms with van der Waals surface area (Å²) in [6.07, 6.45) is 1.29. The van der Waals surface area contributed by atoms with E-state index in [1.165, 1.54) is 5.56 Å². The fourth-order valence-corrected chi connectivity index (χ4v) is 1.71. The molecule has 0 aliphatic heterocycles. The SMILES string of the molecule is CCNCC(Oc1cccc(CC)c1)C(C)C. The molecule has 0 heterocycles. The van der Waals surface area contributed by atoms with Crippen LogP contribution in [0, 0.1) is 5.92 Å². The second kappa shape index (κ2) is 7.33. The lowest BCUT2D eigenvalue weighted by molar-refractivity contribution is 0.149. The highest BCUT2D eigenvalue weighted by Gasteiger charge is 2.14. The van der Waals surface area contributed by atoms with Gasteiger partial charge in [-0.05, 0) is 36.6 Å². The van der Waals surface area contributed by atoms with Crippen LogP contribution in [0.4, 0.5) is 0 Å². The highest BCUT2D eigenvalue weighted by molar-refractivity contribution is 5.28. The summed E-state index contributed by atoms with van der Waals surface area (Å²) in [6, 6.07) is 8.39. The van der Waals surface area contributed by atoms with Gasteiger partial charge in [0.25, 0.3) is 0 Å². The van der Waals surface area contributed by atoms with Crippen LogP contribution in [0.25, 0.3) is 0 Å². The van der Waals surface area contributed by atoms with Crippen molar-refractivity contribution in [1.29, 1.82) is 0 Å². The molecule has 0 bridgehead atoms. The molecule has 0 aromatic heterocycles. The first kappa shape index (κ1) is 14.0. The van der Waals surface area contributed by atoms with E-state index in [-0.39, 0.29) is 6.10 Å². The van der Waals surface area contributed by atoms with Gasteiger partial charge >= 0.3 is 0 Å². The molecule has 17 heavy (non-hydrogen) atoms. The number of aryl methyl sites for hydroxylation is 1. The molecule has 0 saturated heterocycles. The van der Waals surface area contributed by atoms with E-state index in [0.29, 0.717) is 5.92 Å². The second-order valence-electron chi connectivity index (χ2n) is 4.71. The highest BCUT2D eigenvalue weighted by Crippen LogP contribution is 2.17. The number of hydrogen-bond donors (Lipinski definition) is 1. The van der Waals surface area contributed by atoms with E-state index in [4.69, 9.17) is 4.74 Å². The Hall–Kier alpha value is -1.02. The predicted octanol–water partition coefficient (Wildman–Crippen LogP) is 3.26. The molecule has 0 amide bonds. The third-order valence-electron chi connectivity index (χ3n) is 2.93. The highest BCUT2D eigenvalue weighted by atomic mass is 16.5. The minimum Gasteiger partial charge on any atom is -0.489 e. The molecule has 2 nitrogen and oxygen atoms in total. The number of ether oxygens (including phenoxy) is 1. The monoisotopic (exact) mass is 235 g/mol. The van der Waals surface area contributed by atoms with Crippen LogP contribution in [-0.4, -0.2) is 19.2 Å². The summed E-state index contributed by atoms with van der Waals surface area (Å²) < 4.78 is 6.06. The molecule has 1 rings (SSSR count). The molecule has 2 heteroatoms. The van der Waals surface area contributed by atoms with Crippen molar-refractivity contribution >= 4 is 0 Å². The van der Waals surface area contributed by atoms with Crippen molar-refractivity contribution < 1.29 is 4.74 Å². The smallest absolute Gasteiger partial charge is 0.120 e. The quantitative estimate of drug-likeness (QED) is 0.783. The molecule has 0 fully saturated rings. The van der Waals surface area contributed by atoms with Crippen LogP contribution in [0.5, 0.6) is 5.75 Å². The first-order valence-corrected chi connectivity index (χ1v) is 6.63. The lowest BCUT2D eigenvalue weighted by Gasteiger charge is -2.23. The normalized spacial score (nSPS) is 12.8. The van der Waals surface area contributed by atoms with Crippen LogP contribution in [0.1, 0.15) is 33.3 Å². The Morgan fingerprint density at radius 2 is 2.00 bits per heavy atom. The van der Waals surface area contributed by atoms with Gasteiger partial charge < -0.3 is 10.1 Å². The lowest BCUT2D eigenvalue weighted by Crippen LogP contribution is -2.35. The molecule has 1 aromatic rings. The van der Waals surface area contributed by atoms with E-state index in [2.05, 4.69) is 51.2 Å². The average Bonchev–Trinajstić information content (AvgIpc) is 2.34. The molecule has 0 aliphatic rings. The molecule has 0 aliphatic carbocycles. The summed E-state index contributed by atoms with van der Waals surface area (Å²) in [5.74, 6) is 1.50. The average molecular weight is 235 g/mol. The van der Waals surface area contributed by atoms with Gasteiger partial charge in [-0.15, -0.1) is 0 Å². The molecule has 1 N–H and O–H groups in total. The van der Waals surface area contributed by atoms with Crippen LogP contribution < -0.4 is 10.1 Å². The first-order chi connectivity index (χ1) is 8.17. The van der Waals surface area contributed by atoms with E-state index >= 15 is 0 Å². The summed E-state index contributed by atoms with van der Waals surface area (Å²) in [5.41, 5.74) is 1.33. The first-order valence-electron chi connectivity index (χ1n) is 6.63. The van der Waals surface area contributed by atoms with Crippen LogP contribution in [0.2, 0.25) is 0 Å². The van der Waals surface area contributed by atoms with Gasteiger partial charge in [0.1, 0.15) is 11.9 Å². The number of benzene rings is 1. The summed E-state index contributed by atoms with van der Waals surface area (Å²) in [4.78, 5) is 0. The molecule has 1 atom stereocenters. The van der Waals surface area contributed by atoms with Crippen molar-refractivity contribution in [3.63, 3.8) is 0 Å². The van der Waals surface area contributed by atoms with Crippen molar-refractivity contribution in [3.8, 4) is 5.75 Å². The maximum atomic E-state index is 6.06. The minimum absolute atomic E-state index is 0.238. The Kier molecular flexibility index (Phi) is 6.06. The van der Waals surface area contributed by atoms with E-state index in [1.54, 1.807) is 0 Å². The standard InChI is InChI=1S/C15H25NO/c1-5-13-8-7-9-14(10-13)17-15(12(3)4)11-16-6-2/h7-10,12,15-16H,5-6,11H2,1-4H3. The second-order valence-corrected chi connectivity index (χ2v) is 4.71. The van der Waals surface area contributed by atoms with Gasteiger partial charge in [-0.2, -0.15) is 0 Å². The fourth-order valence-electron chi connectivity index (χ4n) is 1.71. The maximum absolute atomic E-state index is 6.06.